The van der Waals surface area contributed by atoms with E-state index in [4.69, 9.17) is 11.6 Å². The van der Waals surface area contributed by atoms with Crippen LogP contribution in [0.5, 0.6) is 0 Å². The molecule has 21 heavy (non-hydrogen) atoms. The van der Waals surface area contributed by atoms with Crippen molar-refractivity contribution in [1.29, 1.82) is 0 Å². The maximum Gasteiger partial charge on any atom is 0.160 e. The summed E-state index contributed by atoms with van der Waals surface area (Å²) in [6, 6.07) is 5.79. The molecule has 0 spiro atoms. The average molecular weight is 298 g/mol. The third-order valence-electron chi connectivity index (χ3n) is 3.60. The van der Waals surface area contributed by atoms with Crippen LogP contribution in [0.4, 0.5) is 0 Å². The van der Waals surface area contributed by atoms with Gasteiger partial charge in [0.25, 0.3) is 0 Å². The molecule has 0 saturated carbocycles. The van der Waals surface area contributed by atoms with Crippen molar-refractivity contribution in [3.05, 3.63) is 53.3 Å². The van der Waals surface area contributed by atoms with Gasteiger partial charge in [-0.15, -0.1) is 0 Å². The molecule has 0 atom stereocenters. The predicted molar refractivity (Wildman–Crippen MR) is 81.4 cm³/mol. The largest absolute Gasteiger partial charge is 0.300 e. The van der Waals surface area contributed by atoms with Crippen molar-refractivity contribution in [2.75, 3.05) is 0 Å². The molecule has 0 amide bonds. The van der Waals surface area contributed by atoms with E-state index in [0.717, 1.165) is 28.5 Å². The lowest BCUT2D eigenvalue weighted by atomic mass is 10.1. The monoisotopic (exact) mass is 297 g/mol. The summed E-state index contributed by atoms with van der Waals surface area (Å²) in [5, 5.41) is 5.00. The number of aromatic nitrogens is 5. The molecule has 0 N–H and O–H groups in total. The van der Waals surface area contributed by atoms with Crippen LogP contribution in [0.15, 0.2) is 36.9 Å². The van der Waals surface area contributed by atoms with Crippen LogP contribution in [0.1, 0.15) is 18.3 Å². The van der Waals surface area contributed by atoms with Gasteiger partial charge in [-0.05, 0) is 31.2 Å². The van der Waals surface area contributed by atoms with Crippen LogP contribution in [0.3, 0.4) is 0 Å². The molecule has 2 aromatic heterocycles. The van der Waals surface area contributed by atoms with E-state index in [2.05, 4.69) is 19.6 Å². The van der Waals surface area contributed by atoms with Gasteiger partial charge in [-0.25, -0.2) is 14.6 Å². The number of fused-ring (bicyclic) bond motifs is 5. The van der Waals surface area contributed by atoms with E-state index in [1.165, 1.54) is 0 Å². The minimum Gasteiger partial charge on any atom is -0.300 e. The predicted octanol–water partition coefficient (Wildman–Crippen LogP) is 3.18. The number of nitrogens with zero attached hydrogens (tertiary/aromatic N) is 5. The minimum absolute atomic E-state index is 0.626. The molecule has 3 aromatic rings. The van der Waals surface area contributed by atoms with Gasteiger partial charge in [0.1, 0.15) is 12.7 Å². The van der Waals surface area contributed by atoms with Crippen molar-refractivity contribution in [1.82, 2.24) is 24.3 Å². The summed E-state index contributed by atoms with van der Waals surface area (Å²) in [6.45, 7) is 2.61. The molecule has 0 radical (unpaired) electrons. The van der Waals surface area contributed by atoms with Gasteiger partial charge in [0.05, 0.1) is 23.6 Å². The Hall–Kier alpha value is -2.40. The lowest BCUT2D eigenvalue weighted by molar-refractivity contribution is 0.676. The summed E-state index contributed by atoms with van der Waals surface area (Å²) in [5.41, 5.74) is 4.01. The summed E-state index contributed by atoms with van der Waals surface area (Å²) in [7, 11) is 0. The first kappa shape index (κ1) is 12.3. The average Bonchev–Trinajstić information content (AvgIpc) is 3.06. The highest BCUT2D eigenvalue weighted by Gasteiger charge is 2.22. The molecule has 1 aliphatic heterocycles. The van der Waals surface area contributed by atoms with Crippen molar-refractivity contribution >= 4 is 17.7 Å². The molecule has 104 valence electrons. The van der Waals surface area contributed by atoms with Gasteiger partial charge in [-0.3, -0.25) is 4.57 Å². The van der Waals surface area contributed by atoms with Gasteiger partial charge in [-0.1, -0.05) is 17.7 Å². The maximum absolute atomic E-state index is 6.15. The fourth-order valence-corrected chi connectivity index (χ4v) is 2.85. The maximum atomic E-state index is 6.15. The van der Waals surface area contributed by atoms with Crippen LogP contribution < -0.4 is 0 Å². The molecule has 1 aromatic carbocycles. The van der Waals surface area contributed by atoms with E-state index in [9.17, 15) is 0 Å². The third-order valence-corrected chi connectivity index (χ3v) is 3.83. The van der Waals surface area contributed by atoms with E-state index < -0.39 is 0 Å². The van der Waals surface area contributed by atoms with Gasteiger partial charge in [-0.2, -0.15) is 5.10 Å². The van der Waals surface area contributed by atoms with Crippen LogP contribution >= 0.6 is 11.6 Å². The summed E-state index contributed by atoms with van der Waals surface area (Å²) < 4.78 is 3.96. The number of benzene rings is 1. The summed E-state index contributed by atoms with van der Waals surface area (Å²) in [4.78, 5) is 8.87. The third kappa shape index (κ3) is 1.81. The molecule has 0 unspecified atom stereocenters. The number of hydrogen-bond donors (Lipinski definition) is 0. The highest BCUT2D eigenvalue weighted by atomic mass is 35.5. The van der Waals surface area contributed by atoms with E-state index in [-0.39, 0.29) is 0 Å². The van der Waals surface area contributed by atoms with Crippen molar-refractivity contribution in [3.8, 4) is 17.1 Å². The summed E-state index contributed by atoms with van der Waals surface area (Å²) >= 11 is 6.15. The van der Waals surface area contributed by atoms with Crippen molar-refractivity contribution < 1.29 is 0 Å². The van der Waals surface area contributed by atoms with Crippen LogP contribution in [-0.4, -0.2) is 24.3 Å². The Morgan fingerprint density at radius 1 is 1.29 bits per heavy atom. The highest BCUT2D eigenvalue weighted by Crippen LogP contribution is 2.33. The molecular formula is C15H12ClN5. The minimum atomic E-state index is 0.626. The molecule has 6 heteroatoms. The van der Waals surface area contributed by atoms with Gasteiger partial charge in [0.15, 0.2) is 5.82 Å². The zero-order chi connectivity index (χ0) is 14.4. The lowest BCUT2D eigenvalue weighted by Gasteiger charge is -2.08. The second-order valence-corrected chi connectivity index (χ2v) is 5.29. The first-order chi connectivity index (χ1) is 10.3. The zero-order valence-corrected chi connectivity index (χ0v) is 12.1. The lowest BCUT2D eigenvalue weighted by Crippen LogP contribution is -2.05. The molecule has 0 aliphatic carbocycles. The Kier molecular flexibility index (Phi) is 2.68. The highest BCUT2D eigenvalue weighted by molar-refractivity contribution is 6.31. The second kappa shape index (κ2) is 4.56. The fraction of sp³-hybridized carbons (Fsp3) is 0.133. The fourth-order valence-electron chi connectivity index (χ4n) is 2.68. The Bertz CT molecular complexity index is 859. The smallest absolute Gasteiger partial charge is 0.160 e. The number of rotatable bonds is 1. The molecular weight excluding hydrogens is 286 g/mol. The number of hydrogen-bond acceptors (Lipinski definition) is 3. The number of allylic oxidation sites excluding steroid dienone is 1. The first-order valence-corrected chi connectivity index (χ1v) is 7.02. The van der Waals surface area contributed by atoms with Crippen molar-refractivity contribution in [2.24, 2.45) is 0 Å². The zero-order valence-electron chi connectivity index (χ0n) is 11.4. The Morgan fingerprint density at radius 2 is 2.19 bits per heavy atom. The summed E-state index contributed by atoms with van der Waals surface area (Å²) in [5.74, 6) is 0.822. The Balaban J connectivity index is 2.07. The van der Waals surface area contributed by atoms with E-state index in [1.54, 1.807) is 6.33 Å². The van der Waals surface area contributed by atoms with Crippen molar-refractivity contribution in [3.63, 3.8) is 0 Å². The van der Waals surface area contributed by atoms with Gasteiger partial charge in [0.2, 0.25) is 0 Å². The SMILES string of the molecule is CC=Cc1ncn2c1Cn1ncnc1-c1cc(Cl)ccc1-2. The molecule has 4 rings (SSSR count). The molecule has 0 bridgehead atoms. The van der Waals surface area contributed by atoms with Crippen molar-refractivity contribution in [2.45, 2.75) is 13.5 Å². The topological polar surface area (TPSA) is 48.5 Å². The number of halogens is 1. The van der Waals surface area contributed by atoms with E-state index >= 15 is 0 Å². The molecule has 0 fully saturated rings. The second-order valence-electron chi connectivity index (χ2n) is 4.85. The Labute approximate surface area is 126 Å². The van der Waals surface area contributed by atoms with Crippen LogP contribution in [0, 0.1) is 0 Å². The normalized spacial score (nSPS) is 12.9. The van der Waals surface area contributed by atoms with Gasteiger partial charge in [0, 0.05) is 10.6 Å². The van der Waals surface area contributed by atoms with Gasteiger partial charge < -0.3 is 0 Å². The van der Waals surface area contributed by atoms with E-state index in [1.807, 2.05) is 48.3 Å². The van der Waals surface area contributed by atoms with Crippen LogP contribution in [0.25, 0.3) is 23.2 Å². The standard InChI is InChI=1S/C15H12ClN5/c1-2-3-12-14-7-21-15(17-8-19-21)11-6-10(16)4-5-13(11)20(14)9-18-12/h2-6,8-9H,7H2,1H3. The van der Waals surface area contributed by atoms with Crippen LogP contribution in [-0.2, 0) is 6.54 Å². The molecule has 1 aliphatic rings. The Morgan fingerprint density at radius 3 is 3.05 bits per heavy atom. The number of imidazole rings is 1. The van der Waals surface area contributed by atoms with E-state index in [0.29, 0.717) is 11.6 Å². The molecule has 0 saturated heterocycles. The molecule has 5 nitrogen and oxygen atoms in total. The quantitative estimate of drug-likeness (QED) is 0.542. The summed E-state index contributed by atoms with van der Waals surface area (Å²) in [6.07, 6.45) is 7.40. The van der Waals surface area contributed by atoms with Crippen LogP contribution in [0.2, 0.25) is 5.02 Å². The first-order valence-electron chi connectivity index (χ1n) is 6.65. The van der Waals surface area contributed by atoms with Gasteiger partial charge >= 0.3 is 0 Å². The molecule has 3 heterocycles.